The van der Waals surface area contributed by atoms with E-state index in [0.29, 0.717) is 30.0 Å². The predicted molar refractivity (Wildman–Crippen MR) is 103 cm³/mol. The summed E-state index contributed by atoms with van der Waals surface area (Å²) in [6.07, 6.45) is 3.70. The topological polar surface area (TPSA) is 74.6 Å². The first-order valence-electron chi connectivity index (χ1n) is 8.75. The average Bonchev–Trinajstić information content (AvgIpc) is 3.24. The number of furan rings is 1. The summed E-state index contributed by atoms with van der Waals surface area (Å²) in [4.78, 5) is 26.3. The number of anilines is 2. The Morgan fingerprint density at radius 2 is 1.59 bits per heavy atom. The Kier molecular flexibility index (Phi) is 4.61. The number of hydrogen-bond donors (Lipinski definition) is 2. The van der Waals surface area contributed by atoms with Gasteiger partial charge in [-0.3, -0.25) is 4.79 Å². The average molecular weight is 361 g/mol. The van der Waals surface area contributed by atoms with Gasteiger partial charge in [-0.25, -0.2) is 4.79 Å². The van der Waals surface area contributed by atoms with Crippen LogP contribution in [0.5, 0.6) is 0 Å². The van der Waals surface area contributed by atoms with Crippen molar-refractivity contribution in [2.45, 2.75) is 13.0 Å². The lowest BCUT2D eigenvalue weighted by Crippen LogP contribution is -2.38. The van der Waals surface area contributed by atoms with Crippen LogP contribution in [-0.2, 0) is 13.0 Å². The first-order chi connectivity index (χ1) is 13.2. The van der Waals surface area contributed by atoms with E-state index >= 15 is 0 Å². The number of nitrogens with zero attached hydrogens (tertiary/aromatic N) is 1. The summed E-state index contributed by atoms with van der Waals surface area (Å²) in [7, 11) is 0. The van der Waals surface area contributed by atoms with Gasteiger partial charge >= 0.3 is 6.03 Å². The number of urea groups is 1. The highest BCUT2D eigenvalue weighted by Crippen LogP contribution is 2.20. The van der Waals surface area contributed by atoms with Gasteiger partial charge in [0.25, 0.3) is 5.91 Å². The number of hydrogen-bond acceptors (Lipinski definition) is 3. The summed E-state index contributed by atoms with van der Waals surface area (Å²) in [5.41, 5.74) is 4.28. The number of carbonyl (C=O) groups excluding carboxylic acids is 2. The molecule has 0 saturated heterocycles. The number of fused-ring (bicyclic) bond motifs is 1. The molecule has 2 N–H and O–H groups in total. The lowest BCUT2D eigenvalue weighted by molar-refractivity contribution is 0.102. The van der Waals surface area contributed by atoms with Crippen molar-refractivity contribution < 1.29 is 14.0 Å². The van der Waals surface area contributed by atoms with Crippen LogP contribution in [0.4, 0.5) is 16.2 Å². The highest BCUT2D eigenvalue weighted by atomic mass is 16.3. The molecule has 136 valence electrons. The molecule has 3 amide bonds. The molecule has 0 radical (unpaired) electrons. The molecule has 0 aliphatic carbocycles. The van der Waals surface area contributed by atoms with Crippen molar-refractivity contribution in [1.82, 2.24) is 4.90 Å². The molecular weight excluding hydrogens is 342 g/mol. The largest absolute Gasteiger partial charge is 0.472 e. The molecule has 0 unspecified atom stereocenters. The zero-order valence-electron chi connectivity index (χ0n) is 14.6. The van der Waals surface area contributed by atoms with E-state index in [1.807, 2.05) is 12.1 Å². The van der Waals surface area contributed by atoms with Gasteiger partial charge in [0, 0.05) is 24.5 Å². The minimum absolute atomic E-state index is 0.125. The van der Waals surface area contributed by atoms with Crippen molar-refractivity contribution in [3.05, 3.63) is 83.8 Å². The monoisotopic (exact) mass is 361 g/mol. The molecular formula is C21H19N3O3. The SMILES string of the molecule is O=C(Nc1ccc(NC(=O)N2CCc3ccccc3C2)cc1)c1ccoc1. The molecule has 0 saturated carbocycles. The molecule has 0 fully saturated rings. The third kappa shape index (κ3) is 3.84. The fourth-order valence-corrected chi connectivity index (χ4v) is 3.11. The van der Waals surface area contributed by atoms with Gasteiger partial charge < -0.3 is 20.0 Å². The van der Waals surface area contributed by atoms with Crippen molar-refractivity contribution in [2.75, 3.05) is 17.2 Å². The van der Waals surface area contributed by atoms with Gasteiger partial charge in [0.05, 0.1) is 11.8 Å². The summed E-state index contributed by atoms with van der Waals surface area (Å²) >= 11 is 0. The fraction of sp³-hybridized carbons (Fsp3) is 0.143. The van der Waals surface area contributed by atoms with Crippen LogP contribution in [-0.4, -0.2) is 23.4 Å². The van der Waals surface area contributed by atoms with Crippen LogP contribution in [0.15, 0.2) is 71.5 Å². The maximum Gasteiger partial charge on any atom is 0.322 e. The van der Waals surface area contributed by atoms with Crippen LogP contribution >= 0.6 is 0 Å². The van der Waals surface area contributed by atoms with E-state index in [-0.39, 0.29) is 11.9 Å². The Morgan fingerprint density at radius 3 is 2.30 bits per heavy atom. The maximum atomic E-state index is 12.5. The smallest absolute Gasteiger partial charge is 0.322 e. The molecule has 2 heterocycles. The quantitative estimate of drug-likeness (QED) is 0.737. The molecule has 6 nitrogen and oxygen atoms in total. The highest BCUT2D eigenvalue weighted by Gasteiger charge is 2.20. The third-order valence-corrected chi connectivity index (χ3v) is 4.60. The molecule has 1 aliphatic heterocycles. The highest BCUT2D eigenvalue weighted by molar-refractivity contribution is 6.04. The first-order valence-corrected chi connectivity index (χ1v) is 8.75. The Balaban J connectivity index is 1.36. The number of nitrogens with one attached hydrogen (secondary N) is 2. The van der Waals surface area contributed by atoms with E-state index < -0.39 is 0 Å². The Bertz CT molecular complexity index is 949. The van der Waals surface area contributed by atoms with Crippen molar-refractivity contribution in [1.29, 1.82) is 0 Å². The summed E-state index contributed by atoms with van der Waals surface area (Å²) in [5, 5.41) is 5.69. The normalized spacial score (nSPS) is 13.0. The Hall–Kier alpha value is -3.54. The van der Waals surface area contributed by atoms with Crippen LogP contribution in [0.25, 0.3) is 0 Å². The lowest BCUT2D eigenvalue weighted by atomic mass is 10.0. The predicted octanol–water partition coefficient (Wildman–Crippen LogP) is 4.12. The van der Waals surface area contributed by atoms with E-state index in [1.165, 1.54) is 23.7 Å². The molecule has 6 heteroatoms. The molecule has 0 atom stereocenters. The van der Waals surface area contributed by atoms with Crippen molar-refractivity contribution in [3.8, 4) is 0 Å². The van der Waals surface area contributed by atoms with Gasteiger partial charge in [-0.1, -0.05) is 24.3 Å². The molecule has 1 aromatic heterocycles. The molecule has 3 aromatic rings. The summed E-state index contributed by atoms with van der Waals surface area (Å²) < 4.78 is 4.90. The van der Waals surface area contributed by atoms with Crippen LogP contribution in [0.1, 0.15) is 21.5 Å². The summed E-state index contributed by atoms with van der Waals surface area (Å²) in [5.74, 6) is -0.243. The fourth-order valence-electron chi connectivity index (χ4n) is 3.11. The van der Waals surface area contributed by atoms with E-state index in [4.69, 9.17) is 4.42 Å². The molecule has 0 spiro atoms. The van der Waals surface area contributed by atoms with Crippen LogP contribution in [0, 0.1) is 0 Å². The van der Waals surface area contributed by atoms with Gasteiger partial charge in [-0.2, -0.15) is 0 Å². The minimum Gasteiger partial charge on any atom is -0.472 e. The summed E-state index contributed by atoms with van der Waals surface area (Å²) in [6.45, 7) is 1.31. The molecule has 4 rings (SSSR count). The van der Waals surface area contributed by atoms with Gasteiger partial charge in [0.2, 0.25) is 0 Å². The van der Waals surface area contributed by atoms with Gasteiger partial charge in [-0.15, -0.1) is 0 Å². The van der Waals surface area contributed by atoms with Crippen LogP contribution < -0.4 is 10.6 Å². The lowest BCUT2D eigenvalue weighted by Gasteiger charge is -2.29. The van der Waals surface area contributed by atoms with E-state index in [0.717, 1.165) is 6.42 Å². The van der Waals surface area contributed by atoms with E-state index in [9.17, 15) is 9.59 Å². The van der Waals surface area contributed by atoms with Gasteiger partial charge in [-0.05, 0) is 47.9 Å². The minimum atomic E-state index is -0.243. The van der Waals surface area contributed by atoms with Crippen molar-refractivity contribution >= 4 is 23.3 Å². The van der Waals surface area contributed by atoms with Gasteiger partial charge in [0.1, 0.15) is 6.26 Å². The Morgan fingerprint density at radius 1 is 0.889 bits per heavy atom. The van der Waals surface area contributed by atoms with Crippen molar-refractivity contribution in [2.24, 2.45) is 0 Å². The summed E-state index contributed by atoms with van der Waals surface area (Å²) in [6, 6.07) is 16.7. The first kappa shape index (κ1) is 16.9. The number of carbonyl (C=O) groups is 2. The molecule has 0 bridgehead atoms. The standard InChI is InChI=1S/C21H19N3O3/c25-20(17-10-12-27-14-17)22-18-5-7-19(8-6-18)23-21(26)24-11-9-15-3-1-2-4-16(15)13-24/h1-8,10,12,14H,9,11,13H2,(H,22,25)(H,23,26). The van der Waals surface area contributed by atoms with Crippen LogP contribution in [0.3, 0.4) is 0 Å². The second-order valence-electron chi connectivity index (χ2n) is 6.41. The Labute approximate surface area is 156 Å². The van der Waals surface area contributed by atoms with Gasteiger partial charge in [0.15, 0.2) is 0 Å². The number of amides is 3. The molecule has 2 aromatic carbocycles. The molecule has 27 heavy (non-hydrogen) atoms. The number of benzene rings is 2. The molecule has 1 aliphatic rings. The second-order valence-corrected chi connectivity index (χ2v) is 6.41. The third-order valence-electron chi connectivity index (χ3n) is 4.60. The maximum absolute atomic E-state index is 12.5. The zero-order chi connectivity index (χ0) is 18.6. The zero-order valence-corrected chi connectivity index (χ0v) is 14.6. The van der Waals surface area contributed by atoms with Crippen molar-refractivity contribution in [3.63, 3.8) is 0 Å². The second kappa shape index (κ2) is 7.37. The number of rotatable bonds is 3. The van der Waals surface area contributed by atoms with Crippen LogP contribution in [0.2, 0.25) is 0 Å². The van der Waals surface area contributed by atoms with E-state index in [2.05, 4.69) is 22.8 Å². The van der Waals surface area contributed by atoms with E-state index in [1.54, 1.807) is 35.2 Å².